The second kappa shape index (κ2) is 6.05. The number of alkyl halides is 2. The molecule has 0 aromatic carbocycles. The Labute approximate surface area is 88.6 Å². The van der Waals surface area contributed by atoms with Gasteiger partial charge in [-0.05, 0) is 0 Å². The van der Waals surface area contributed by atoms with Crippen LogP contribution >= 0.6 is 23.3 Å². The molecule has 0 saturated carbocycles. The molecule has 0 saturated heterocycles. The van der Waals surface area contributed by atoms with Gasteiger partial charge in [-0.15, -0.1) is 0 Å². The lowest BCUT2D eigenvalue weighted by molar-refractivity contribution is 0.0215. The Hall–Kier alpha value is -0.530. The number of anilines is 1. The highest BCUT2D eigenvalue weighted by atomic mass is 35.5. The van der Waals surface area contributed by atoms with Crippen molar-refractivity contribution in [1.82, 2.24) is 8.75 Å². The molecule has 1 heterocycles. The Morgan fingerprint density at radius 2 is 2.29 bits per heavy atom. The minimum absolute atomic E-state index is 0.179. The van der Waals surface area contributed by atoms with E-state index in [1.54, 1.807) is 0 Å². The zero-order valence-corrected chi connectivity index (χ0v) is 8.62. The lowest BCUT2D eigenvalue weighted by Gasteiger charge is -2.04. The molecule has 0 amide bonds. The van der Waals surface area contributed by atoms with Gasteiger partial charge in [0, 0.05) is 6.54 Å². The fourth-order valence-corrected chi connectivity index (χ4v) is 1.38. The number of hydrogen-bond donors (Lipinski definition) is 1. The van der Waals surface area contributed by atoms with E-state index in [0.29, 0.717) is 12.4 Å². The molecule has 0 radical (unpaired) electrons. The zero-order chi connectivity index (χ0) is 10.4. The number of nitrogens with one attached hydrogen (secondary N) is 1. The summed E-state index contributed by atoms with van der Waals surface area (Å²) in [4.78, 5) is 0. The van der Waals surface area contributed by atoms with Crippen LogP contribution in [-0.2, 0) is 4.74 Å². The normalized spacial score (nSPS) is 10.9. The smallest absolute Gasteiger partial charge is 0.261 e. The molecular weight excluding hydrogens is 236 g/mol. The molecule has 80 valence electrons. The van der Waals surface area contributed by atoms with Gasteiger partial charge in [0.25, 0.3) is 6.43 Å². The minimum Gasteiger partial charge on any atom is -0.374 e. The highest BCUT2D eigenvalue weighted by molar-refractivity contribution is 6.99. The average Bonchev–Trinajstić information content (AvgIpc) is 2.51. The van der Waals surface area contributed by atoms with E-state index in [2.05, 4.69) is 18.8 Å². The third kappa shape index (κ3) is 4.12. The molecule has 8 heteroatoms. The number of hydrogen-bond acceptors (Lipinski definition) is 5. The number of aromatic nitrogens is 2. The third-order valence-electron chi connectivity index (χ3n) is 1.23. The molecule has 0 atom stereocenters. The van der Waals surface area contributed by atoms with E-state index in [-0.39, 0.29) is 11.8 Å². The molecule has 14 heavy (non-hydrogen) atoms. The summed E-state index contributed by atoms with van der Waals surface area (Å²) in [5.41, 5.74) is 0. The van der Waals surface area contributed by atoms with Crippen LogP contribution in [0.15, 0.2) is 0 Å². The minimum atomic E-state index is -2.43. The van der Waals surface area contributed by atoms with Crippen LogP contribution in [0.25, 0.3) is 0 Å². The van der Waals surface area contributed by atoms with Crippen molar-refractivity contribution in [1.29, 1.82) is 0 Å². The fraction of sp³-hybridized carbons (Fsp3) is 0.667. The number of rotatable bonds is 6. The van der Waals surface area contributed by atoms with Gasteiger partial charge in [-0.1, -0.05) is 11.6 Å². The molecule has 1 aromatic heterocycles. The van der Waals surface area contributed by atoms with Crippen molar-refractivity contribution in [2.45, 2.75) is 6.43 Å². The van der Waals surface area contributed by atoms with Crippen LogP contribution < -0.4 is 5.32 Å². The van der Waals surface area contributed by atoms with Gasteiger partial charge in [0.15, 0.2) is 11.0 Å². The van der Waals surface area contributed by atoms with Crippen molar-refractivity contribution >= 4 is 29.1 Å². The summed E-state index contributed by atoms with van der Waals surface area (Å²) in [5.74, 6) is 0.456. The summed E-state index contributed by atoms with van der Waals surface area (Å²) in [7, 11) is 0. The van der Waals surface area contributed by atoms with E-state index >= 15 is 0 Å². The largest absolute Gasteiger partial charge is 0.374 e. The van der Waals surface area contributed by atoms with Crippen LogP contribution in [0.3, 0.4) is 0 Å². The van der Waals surface area contributed by atoms with Crippen LogP contribution in [0.4, 0.5) is 14.6 Å². The van der Waals surface area contributed by atoms with E-state index in [4.69, 9.17) is 11.6 Å². The van der Waals surface area contributed by atoms with Gasteiger partial charge < -0.3 is 10.1 Å². The van der Waals surface area contributed by atoms with E-state index in [9.17, 15) is 8.78 Å². The monoisotopic (exact) mass is 243 g/mol. The molecule has 0 bridgehead atoms. The predicted molar refractivity (Wildman–Crippen MR) is 50.2 cm³/mol. The van der Waals surface area contributed by atoms with Gasteiger partial charge in [-0.3, -0.25) is 0 Å². The number of nitrogens with zero attached hydrogens (tertiary/aromatic N) is 2. The summed E-state index contributed by atoms with van der Waals surface area (Å²) in [6, 6.07) is 0. The number of ether oxygens (including phenoxy) is 1. The zero-order valence-electron chi connectivity index (χ0n) is 7.04. The van der Waals surface area contributed by atoms with Crippen LogP contribution in [-0.4, -0.2) is 34.9 Å². The summed E-state index contributed by atoms with van der Waals surface area (Å²) in [6.07, 6.45) is -2.43. The van der Waals surface area contributed by atoms with Gasteiger partial charge >= 0.3 is 0 Å². The molecular formula is C6H8ClF2N3OS. The SMILES string of the molecule is FC(F)COCCNc1nsnc1Cl. The third-order valence-corrected chi connectivity index (χ3v) is 2.12. The first-order valence-electron chi connectivity index (χ1n) is 3.78. The first-order valence-corrected chi connectivity index (χ1v) is 4.89. The van der Waals surface area contributed by atoms with E-state index in [1.165, 1.54) is 0 Å². The highest BCUT2D eigenvalue weighted by Crippen LogP contribution is 2.16. The second-order valence-corrected chi connectivity index (χ2v) is 3.18. The van der Waals surface area contributed by atoms with Crippen molar-refractivity contribution in [3.8, 4) is 0 Å². The van der Waals surface area contributed by atoms with Gasteiger partial charge in [0.05, 0.1) is 18.3 Å². The van der Waals surface area contributed by atoms with Crippen molar-refractivity contribution in [3.05, 3.63) is 5.15 Å². The molecule has 0 aliphatic heterocycles. The topological polar surface area (TPSA) is 47.0 Å². The van der Waals surface area contributed by atoms with E-state index in [0.717, 1.165) is 11.7 Å². The Kier molecular flexibility index (Phi) is 4.99. The van der Waals surface area contributed by atoms with Crippen LogP contribution in [0.5, 0.6) is 0 Å². The summed E-state index contributed by atoms with van der Waals surface area (Å²) in [5, 5.41) is 3.08. The molecule has 0 spiro atoms. The lowest BCUT2D eigenvalue weighted by atomic mass is 10.6. The van der Waals surface area contributed by atoms with E-state index in [1.807, 2.05) is 0 Å². The highest BCUT2D eigenvalue weighted by Gasteiger charge is 2.04. The van der Waals surface area contributed by atoms with Crippen molar-refractivity contribution in [3.63, 3.8) is 0 Å². The maximum Gasteiger partial charge on any atom is 0.261 e. The van der Waals surface area contributed by atoms with E-state index < -0.39 is 13.0 Å². The molecule has 1 rings (SSSR count). The van der Waals surface area contributed by atoms with Crippen molar-refractivity contribution < 1.29 is 13.5 Å². The average molecular weight is 244 g/mol. The molecule has 0 fully saturated rings. The molecule has 1 aromatic rings. The lowest BCUT2D eigenvalue weighted by Crippen LogP contribution is -2.13. The number of halogens is 3. The first kappa shape index (κ1) is 11.5. The fourth-order valence-electron chi connectivity index (χ4n) is 0.697. The quantitative estimate of drug-likeness (QED) is 0.775. The first-order chi connectivity index (χ1) is 6.70. The summed E-state index contributed by atoms with van der Waals surface area (Å²) < 4.78 is 35.4. The van der Waals surface area contributed by atoms with Crippen molar-refractivity contribution in [2.75, 3.05) is 25.1 Å². The molecule has 0 unspecified atom stereocenters. The molecule has 4 nitrogen and oxygen atoms in total. The maximum atomic E-state index is 11.6. The van der Waals surface area contributed by atoms with Gasteiger partial charge in [0.2, 0.25) is 0 Å². The summed E-state index contributed by atoms with van der Waals surface area (Å²) in [6.45, 7) is 0.000770. The van der Waals surface area contributed by atoms with Gasteiger partial charge in [-0.25, -0.2) is 8.78 Å². The van der Waals surface area contributed by atoms with Crippen LogP contribution in [0.1, 0.15) is 0 Å². The van der Waals surface area contributed by atoms with Crippen molar-refractivity contribution in [2.24, 2.45) is 0 Å². The Bertz CT molecular complexity index is 273. The van der Waals surface area contributed by atoms with Gasteiger partial charge in [0.1, 0.15) is 6.61 Å². The standard InChI is InChI=1S/C6H8ClF2N3OS/c7-5-6(12-14-11-5)10-1-2-13-3-4(8)9/h4H,1-3H2,(H,10,12). The molecule has 1 N–H and O–H groups in total. The maximum absolute atomic E-state index is 11.6. The Morgan fingerprint density at radius 1 is 1.50 bits per heavy atom. The van der Waals surface area contributed by atoms with Crippen LogP contribution in [0.2, 0.25) is 5.15 Å². The predicted octanol–water partition coefficient (Wildman–Crippen LogP) is 1.89. The second-order valence-electron chi connectivity index (χ2n) is 2.30. The molecule has 0 aliphatic carbocycles. The molecule has 0 aliphatic rings. The Morgan fingerprint density at radius 3 is 2.86 bits per heavy atom. The van der Waals surface area contributed by atoms with Gasteiger partial charge in [-0.2, -0.15) is 8.75 Å². The summed E-state index contributed by atoms with van der Waals surface area (Å²) >= 11 is 6.60. The Balaban J connectivity index is 2.08. The van der Waals surface area contributed by atoms with Crippen LogP contribution in [0, 0.1) is 0 Å².